The van der Waals surface area contributed by atoms with Crippen molar-refractivity contribution in [2.75, 3.05) is 18.5 Å². The van der Waals surface area contributed by atoms with Gasteiger partial charge in [-0.2, -0.15) is 0 Å². The van der Waals surface area contributed by atoms with E-state index >= 15 is 0 Å². The minimum atomic E-state index is 0.549. The molecule has 0 aliphatic carbocycles. The minimum absolute atomic E-state index is 0.549. The predicted molar refractivity (Wildman–Crippen MR) is 118 cm³/mol. The number of aromatic nitrogens is 1. The van der Waals surface area contributed by atoms with Crippen molar-refractivity contribution < 1.29 is 9.47 Å². The van der Waals surface area contributed by atoms with Gasteiger partial charge in [0.1, 0.15) is 11.6 Å². The van der Waals surface area contributed by atoms with Gasteiger partial charge in [0, 0.05) is 17.6 Å². The van der Waals surface area contributed by atoms with Crippen LogP contribution in [0.25, 0.3) is 0 Å². The summed E-state index contributed by atoms with van der Waals surface area (Å²) < 4.78 is 12.5. The maximum Gasteiger partial charge on any atom is 0.144 e. The van der Waals surface area contributed by atoms with Gasteiger partial charge in [0.05, 0.1) is 30.0 Å². The minimum Gasteiger partial charge on any atom is -0.491 e. The molecule has 0 radical (unpaired) electrons. The fraction of sp³-hybridized carbons (Fsp3) is 0.227. The van der Waals surface area contributed by atoms with Crippen molar-refractivity contribution in [3.63, 3.8) is 0 Å². The summed E-state index contributed by atoms with van der Waals surface area (Å²) in [7, 11) is 0. The lowest BCUT2D eigenvalue weighted by molar-refractivity contribution is 0.107. The van der Waals surface area contributed by atoms with Gasteiger partial charge in [-0.15, -0.1) is 0 Å². The van der Waals surface area contributed by atoms with E-state index in [2.05, 4.69) is 38.4 Å². The summed E-state index contributed by atoms with van der Waals surface area (Å²) in [4.78, 5) is 4.42. The highest BCUT2D eigenvalue weighted by molar-refractivity contribution is 9.10. The Balaban J connectivity index is 1.52. The van der Waals surface area contributed by atoms with Crippen LogP contribution >= 0.6 is 27.5 Å². The van der Waals surface area contributed by atoms with E-state index in [1.54, 1.807) is 0 Å². The van der Waals surface area contributed by atoms with Crippen LogP contribution in [0.15, 0.2) is 65.3 Å². The number of pyridine rings is 1. The van der Waals surface area contributed by atoms with Crippen LogP contribution in [0.1, 0.15) is 17.5 Å². The quantitative estimate of drug-likeness (QED) is 0.368. The van der Waals surface area contributed by atoms with Gasteiger partial charge in [-0.05, 0) is 58.2 Å². The number of aryl methyl sites for hydroxylation is 1. The summed E-state index contributed by atoms with van der Waals surface area (Å²) in [5.74, 6) is 1.44. The molecule has 6 heteroatoms. The Bertz CT molecular complexity index is 906. The molecule has 0 bridgehead atoms. The standard InChI is InChI=1S/C22H22BrClN2O2/c1-16-12-19(23)22(25-14-16)26-20-13-18(24)8-9-21(20)28-11-5-10-27-15-17-6-3-2-4-7-17/h2-4,6-9,12-14H,5,10-11,15H2,1H3,(H,25,26). The first-order valence-electron chi connectivity index (χ1n) is 9.05. The van der Waals surface area contributed by atoms with Crippen molar-refractivity contribution in [1.29, 1.82) is 0 Å². The van der Waals surface area contributed by atoms with Crippen LogP contribution in [0, 0.1) is 6.92 Å². The summed E-state index contributed by atoms with van der Waals surface area (Å²) in [6.45, 7) is 3.79. The molecule has 1 N–H and O–H groups in total. The highest BCUT2D eigenvalue weighted by Gasteiger charge is 2.09. The van der Waals surface area contributed by atoms with Crippen molar-refractivity contribution in [2.45, 2.75) is 20.0 Å². The first kappa shape index (κ1) is 20.6. The summed E-state index contributed by atoms with van der Waals surface area (Å²) in [6.07, 6.45) is 2.60. The van der Waals surface area contributed by atoms with E-state index in [9.17, 15) is 0 Å². The summed E-state index contributed by atoms with van der Waals surface area (Å²) in [5, 5.41) is 3.91. The smallest absolute Gasteiger partial charge is 0.144 e. The van der Waals surface area contributed by atoms with Gasteiger partial charge in [-0.3, -0.25) is 0 Å². The molecule has 0 aliphatic heterocycles. The molecule has 0 unspecified atom stereocenters. The van der Waals surface area contributed by atoms with Crippen molar-refractivity contribution in [2.24, 2.45) is 0 Å². The second-order valence-corrected chi connectivity index (χ2v) is 7.64. The number of nitrogens with one attached hydrogen (secondary N) is 1. The Morgan fingerprint density at radius 3 is 2.68 bits per heavy atom. The first-order valence-corrected chi connectivity index (χ1v) is 10.2. The fourth-order valence-corrected chi connectivity index (χ4v) is 3.32. The topological polar surface area (TPSA) is 43.4 Å². The Labute approximate surface area is 179 Å². The lowest BCUT2D eigenvalue weighted by Crippen LogP contribution is -2.05. The Morgan fingerprint density at radius 2 is 1.89 bits per heavy atom. The van der Waals surface area contributed by atoms with Gasteiger partial charge in [0.15, 0.2) is 0 Å². The third-order valence-corrected chi connectivity index (χ3v) is 4.81. The molecule has 0 saturated carbocycles. The lowest BCUT2D eigenvalue weighted by atomic mass is 10.2. The molecular formula is C22H22BrClN2O2. The fourth-order valence-electron chi connectivity index (χ4n) is 2.59. The number of hydrogen-bond acceptors (Lipinski definition) is 4. The summed E-state index contributed by atoms with van der Waals surface area (Å²) >= 11 is 9.69. The van der Waals surface area contributed by atoms with Gasteiger partial charge < -0.3 is 14.8 Å². The zero-order chi connectivity index (χ0) is 19.8. The third-order valence-electron chi connectivity index (χ3n) is 3.97. The van der Waals surface area contributed by atoms with Gasteiger partial charge in [-0.25, -0.2) is 4.98 Å². The van der Waals surface area contributed by atoms with E-state index in [0.717, 1.165) is 27.9 Å². The van der Waals surface area contributed by atoms with Crippen LogP contribution in [0.3, 0.4) is 0 Å². The van der Waals surface area contributed by atoms with Crippen molar-refractivity contribution >= 4 is 39.0 Å². The number of benzene rings is 2. The average molecular weight is 462 g/mol. The second kappa shape index (κ2) is 10.5. The molecule has 0 aliphatic rings. The van der Waals surface area contributed by atoms with Crippen LogP contribution < -0.4 is 10.1 Å². The zero-order valence-corrected chi connectivity index (χ0v) is 18.0. The van der Waals surface area contributed by atoms with Crippen molar-refractivity contribution in [1.82, 2.24) is 4.98 Å². The molecule has 146 valence electrons. The van der Waals surface area contributed by atoms with E-state index < -0.39 is 0 Å². The molecular weight excluding hydrogens is 440 g/mol. The Morgan fingerprint density at radius 1 is 1.07 bits per heavy atom. The molecule has 0 fully saturated rings. The van der Waals surface area contributed by atoms with E-state index in [4.69, 9.17) is 21.1 Å². The molecule has 0 amide bonds. The Hall–Kier alpha value is -2.08. The maximum absolute atomic E-state index is 6.16. The van der Waals surface area contributed by atoms with Crippen LogP contribution in [-0.4, -0.2) is 18.2 Å². The van der Waals surface area contributed by atoms with Crippen LogP contribution in [0.2, 0.25) is 5.02 Å². The van der Waals surface area contributed by atoms with Gasteiger partial charge in [0.25, 0.3) is 0 Å². The number of nitrogens with zero attached hydrogens (tertiary/aromatic N) is 1. The highest BCUT2D eigenvalue weighted by Crippen LogP contribution is 2.32. The highest BCUT2D eigenvalue weighted by atomic mass is 79.9. The largest absolute Gasteiger partial charge is 0.491 e. The average Bonchev–Trinajstić information content (AvgIpc) is 2.69. The van der Waals surface area contributed by atoms with E-state index in [1.807, 2.05) is 55.6 Å². The van der Waals surface area contributed by atoms with Gasteiger partial charge >= 0.3 is 0 Å². The normalized spacial score (nSPS) is 10.7. The van der Waals surface area contributed by atoms with Crippen LogP contribution in [-0.2, 0) is 11.3 Å². The zero-order valence-electron chi connectivity index (χ0n) is 15.6. The SMILES string of the molecule is Cc1cnc(Nc2cc(Cl)ccc2OCCCOCc2ccccc2)c(Br)c1. The molecule has 0 saturated heterocycles. The monoisotopic (exact) mass is 460 g/mol. The Kier molecular flexibility index (Phi) is 7.71. The van der Waals surface area contributed by atoms with Gasteiger partial charge in [0.2, 0.25) is 0 Å². The molecule has 0 atom stereocenters. The molecule has 3 rings (SSSR count). The molecule has 2 aromatic carbocycles. The number of hydrogen-bond donors (Lipinski definition) is 1. The number of rotatable bonds is 9. The number of ether oxygens (including phenoxy) is 2. The van der Waals surface area contributed by atoms with E-state index in [1.165, 1.54) is 5.56 Å². The molecule has 1 heterocycles. The summed E-state index contributed by atoms with van der Waals surface area (Å²) in [5.41, 5.74) is 3.02. The van der Waals surface area contributed by atoms with Crippen LogP contribution in [0.4, 0.5) is 11.5 Å². The van der Waals surface area contributed by atoms with Crippen molar-refractivity contribution in [3.8, 4) is 5.75 Å². The first-order chi connectivity index (χ1) is 13.6. The van der Waals surface area contributed by atoms with Crippen LogP contribution in [0.5, 0.6) is 5.75 Å². The predicted octanol–water partition coefficient (Wildman–Crippen LogP) is 6.54. The second-order valence-electron chi connectivity index (χ2n) is 6.35. The van der Waals surface area contributed by atoms with Crippen molar-refractivity contribution in [3.05, 3.63) is 81.4 Å². The molecule has 3 aromatic rings. The third kappa shape index (κ3) is 6.23. The molecule has 0 spiro atoms. The number of anilines is 2. The molecule has 1 aromatic heterocycles. The van der Waals surface area contributed by atoms with Gasteiger partial charge in [-0.1, -0.05) is 41.9 Å². The lowest BCUT2D eigenvalue weighted by Gasteiger charge is -2.14. The summed E-state index contributed by atoms with van der Waals surface area (Å²) in [6, 6.07) is 17.6. The molecule has 28 heavy (non-hydrogen) atoms. The maximum atomic E-state index is 6.16. The number of halogens is 2. The molecule has 4 nitrogen and oxygen atoms in total. The van der Waals surface area contributed by atoms with E-state index in [-0.39, 0.29) is 0 Å². The van der Waals surface area contributed by atoms with E-state index in [0.29, 0.717) is 30.7 Å².